The van der Waals surface area contributed by atoms with Crippen molar-refractivity contribution in [2.75, 3.05) is 0 Å². The van der Waals surface area contributed by atoms with Crippen LogP contribution in [0.3, 0.4) is 0 Å². The normalized spacial score (nSPS) is 11.2. The maximum absolute atomic E-state index is 4.73. The number of halogens is 1. The van der Waals surface area contributed by atoms with Crippen LogP contribution in [0, 0.1) is 0 Å². The molecule has 54 heavy (non-hydrogen) atoms. The molecule has 0 fully saturated rings. The molecule has 0 N–H and O–H groups in total. The van der Waals surface area contributed by atoms with E-state index < -0.39 is 0 Å². The third-order valence-corrected chi connectivity index (χ3v) is 8.81. The van der Waals surface area contributed by atoms with Crippen LogP contribution >= 0.6 is 28.7 Å². The van der Waals surface area contributed by atoms with Gasteiger partial charge in [-0.25, -0.2) is 34.3 Å². The van der Waals surface area contributed by atoms with Crippen LogP contribution in [0.25, 0.3) is 56.3 Å². The monoisotopic (exact) mass is 797 g/mol. The summed E-state index contributed by atoms with van der Waals surface area (Å²) in [6.45, 7) is 1.12. The molecule has 0 spiro atoms. The van der Waals surface area contributed by atoms with Crippen molar-refractivity contribution >= 4 is 70.1 Å². The van der Waals surface area contributed by atoms with E-state index >= 15 is 0 Å². The van der Waals surface area contributed by atoms with Gasteiger partial charge in [0.2, 0.25) is 5.65 Å². The van der Waals surface area contributed by atoms with Gasteiger partial charge in [0.25, 0.3) is 0 Å². The molecule has 0 saturated carbocycles. The zero-order valence-electron chi connectivity index (χ0n) is 28.6. The second kappa shape index (κ2) is 14.9. The molecule has 0 bridgehead atoms. The minimum absolute atomic E-state index is 0.516. The molecule has 0 aliphatic carbocycles. The van der Waals surface area contributed by atoms with Gasteiger partial charge in [0.15, 0.2) is 11.3 Å². The summed E-state index contributed by atoms with van der Waals surface area (Å²) in [4.78, 5) is 22.3. The summed E-state index contributed by atoms with van der Waals surface area (Å²) in [5, 5.41) is 25.2. The van der Waals surface area contributed by atoms with E-state index in [-0.39, 0.29) is 0 Å². The van der Waals surface area contributed by atoms with Crippen molar-refractivity contribution in [3.05, 3.63) is 114 Å². The van der Waals surface area contributed by atoms with Crippen molar-refractivity contribution in [1.29, 1.82) is 0 Å². The Morgan fingerprint density at radius 2 is 1.37 bits per heavy atom. The molecule has 10 heterocycles. The zero-order valence-corrected chi connectivity index (χ0v) is 31.1. The van der Waals surface area contributed by atoms with E-state index in [1.54, 1.807) is 45.0 Å². The Kier molecular flexibility index (Phi) is 9.53. The molecule has 0 unspecified atom stereocenters. The molecule has 10 aromatic heterocycles. The van der Waals surface area contributed by atoms with E-state index in [1.807, 2.05) is 95.0 Å². The van der Waals surface area contributed by atoms with Gasteiger partial charge in [-0.1, -0.05) is 22.6 Å². The number of hydrogen-bond donors (Lipinski definition) is 1. The van der Waals surface area contributed by atoms with Gasteiger partial charge in [0.05, 0.1) is 49.3 Å². The maximum atomic E-state index is 4.73. The van der Waals surface area contributed by atoms with Crippen molar-refractivity contribution in [1.82, 2.24) is 83.3 Å². The van der Waals surface area contributed by atoms with Crippen LogP contribution in [0.5, 0.6) is 0 Å². The zero-order chi connectivity index (χ0) is 37.2. The number of aromatic nitrogens is 17. The van der Waals surface area contributed by atoms with E-state index in [9.17, 15) is 0 Å². The molecular formula is C33H27BBrN18S. The summed E-state index contributed by atoms with van der Waals surface area (Å²) in [5.74, 6) is 0. The van der Waals surface area contributed by atoms with Crippen LogP contribution in [-0.2, 0) is 27.2 Å². The van der Waals surface area contributed by atoms with Crippen LogP contribution in [0.1, 0.15) is 11.1 Å². The van der Waals surface area contributed by atoms with Crippen molar-refractivity contribution in [2.45, 2.75) is 13.1 Å². The van der Waals surface area contributed by atoms with Gasteiger partial charge in [0.1, 0.15) is 21.4 Å². The van der Waals surface area contributed by atoms with Gasteiger partial charge in [0, 0.05) is 62.4 Å². The molecule has 0 amide bonds. The van der Waals surface area contributed by atoms with Crippen molar-refractivity contribution < 1.29 is 0 Å². The Labute approximate surface area is 320 Å². The summed E-state index contributed by atoms with van der Waals surface area (Å²) in [7, 11) is 8.09. The van der Waals surface area contributed by atoms with Crippen molar-refractivity contribution in [2.24, 2.45) is 18.4 Å². The van der Waals surface area contributed by atoms with E-state index in [4.69, 9.17) is 4.98 Å². The van der Waals surface area contributed by atoms with Crippen LogP contribution < -0.4 is 0 Å². The average Bonchev–Trinajstić information content (AvgIpc) is 4.05. The SMILES string of the molecule is Cn1cc(-c2ccc3nnn(Cc4ccc5nccn5c4)c3n2)cn1.Cn1cc(-c2cnc3nnn(Cc4ccc5ncc(Br)n5c4)c3n2)cn1.[B]=NS. The third kappa shape index (κ3) is 7.13. The summed E-state index contributed by atoms with van der Waals surface area (Å²) >= 11 is 6.68. The number of pyridine rings is 3. The molecule has 0 aliphatic heterocycles. The topological polar surface area (TPSA) is 183 Å². The number of fused-ring (bicyclic) bond motifs is 4. The fourth-order valence-electron chi connectivity index (χ4n) is 5.72. The van der Waals surface area contributed by atoms with Gasteiger partial charge in [-0.15, -0.1) is 10.2 Å². The molecule has 0 atom stereocenters. The van der Waals surface area contributed by atoms with Crippen molar-refractivity contribution in [3.8, 4) is 22.5 Å². The molecule has 18 nitrogen and oxygen atoms in total. The first kappa shape index (κ1) is 34.6. The molecule has 265 valence electrons. The summed E-state index contributed by atoms with van der Waals surface area (Å²) in [5.41, 5.74) is 10.1. The first-order chi connectivity index (χ1) is 26.3. The summed E-state index contributed by atoms with van der Waals surface area (Å²) in [6, 6.07) is 11.9. The second-order valence-corrected chi connectivity index (χ2v) is 13.0. The predicted molar refractivity (Wildman–Crippen MR) is 206 cm³/mol. The standard InChI is InChI=1S/C17H14N8.C16H12BrN9.BHNS/c1-23-11-13(8-19-23)14-3-4-15-17(20-14)25(22-21-15)10-12-2-5-16-18-6-7-24(16)9-12;1-24-9-11(4-20-24)12-5-19-15-16(21-12)26(23-22-15)8-10-2-3-14-18-6-13(17)25(14)7-10;1-2-3/h2-9,11H,10H2,1H3;2-7,9H,8H2,1H3;3H. The van der Waals surface area contributed by atoms with Crippen molar-refractivity contribution in [3.63, 3.8) is 0 Å². The van der Waals surface area contributed by atoms with E-state index in [0.717, 1.165) is 60.7 Å². The molecule has 10 rings (SSSR count). The Bertz CT molecular complexity index is 2900. The molecule has 10 aromatic rings. The van der Waals surface area contributed by atoms with Crippen LogP contribution in [0.15, 0.2) is 107 Å². The number of rotatable bonds is 6. The minimum atomic E-state index is 0.516. The molecular weight excluding hydrogens is 771 g/mol. The molecule has 21 heteroatoms. The third-order valence-electron chi connectivity index (χ3n) is 8.22. The average molecular weight is 798 g/mol. The van der Waals surface area contributed by atoms with Gasteiger partial charge >= 0.3 is 24.8 Å². The molecule has 0 aliphatic rings. The first-order valence-electron chi connectivity index (χ1n) is 16.2. The Morgan fingerprint density at radius 3 is 2.11 bits per heavy atom. The fraction of sp³-hybridized carbons (Fsp3) is 0.121. The first-order valence-corrected chi connectivity index (χ1v) is 17.4. The Morgan fingerprint density at radius 1 is 0.704 bits per heavy atom. The number of nitrogens with zero attached hydrogens (tertiary/aromatic N) is 18. The molecule has 0 saturated heterocycles. The number of hydrogen-bond acceptors (Lipinski definition) is 13. The van der Waals surface area contributed by atoms with Gasteiger partial charge in [-0.2, -0.15) is 10.2 Å². The number of thiol groups is 1. The Balaban J connectivity index is 0.000000143. The van der Waals surface area contributed by atoms with E-state index in [2.05, 4.69) is 91.4 Å². The van der Waals surface area contributed by atoms with Gasteiger partial charge in [-0.05, 0) is 51.3 Å². The number of imidazole rings is 2. The van der Waals surface area contributed by atoms with Crippen LogP contribution in [-0.4, -0.2) is 90.9 Å². The molecule has 0 aromatic carbocycles. The summed E-state index contributed by atoms with van der Waals surface area (Å²) in [6.07, 6.45) is 18.6. The number of aryl methyl sites for hydroxylation is 2. The van der Waals surface area contributed by atoms with E-state index in [1.165, 1.54) is 0 Å². The van der Waals surface area contributed by atoms with Gasteiger partial charge < -0.3 is 4.40 Å². The molecule has 1 radical (unpaired) electrons. The van der Waals surface area contributed by atoms with E-state index in [0.29, 0.717) is 24.4 Å². The fourth-order valence-corrected chi connectivity index (χ4v) is 6.11. The van der Waals surface area contributed by atoms with Crippen LogP contribution in [0.2, 0.25) is 0 Å². The quantitative estimate of drug-likeness (QED) is 0.188. The van der Waals surface area contributed by atoms with Crippen LogP contribution in [0.4, 0.5) is 0 Å². The second-order valence-electron chi connectivity index (χ2n) is 11.9. The predicted octanol–water partition coefficient (Wildman–Crippen LogP) is 4.19. The van der Waals surface area contributed by atoms with Gasteiger partial charge in [-0.3, -0.25) is 13.8 Å². The summed E-state index contributed by atoms with van der Waals surface area (Å²) < 4.78 is 14.6. The Hall–Kier alpha value is -6.48.